The van der Waals surface area contributed by atoms with Crippen molar-refractivity contribution in [1.29, 1.82) is 0 Å². The van der Waals surface area contributed by atoms with Crippen LogP contribution in [0.25, 0.3) is 11.1 Å². The molecule has 1 aromatic carbocycles. The van der Waals surface area contributed by atoms with Gasteiger partial charge in [-0.25, -0.2) is 19.6 Å². The topological polar surface area (TPSA) is 123 Å². The maximum Gasteiger partial charge on any atom is 0.416 e. The number of anilines is 1. The van der Waals surface area contributed by atoms with Crippen LogP contribution >= 0.6 is 22.6 Å². The standard InChI is InChI=1S/C36H42F6IN7O5/c1-7-25-12-27(13-26(8-2)50(25)33(53)54-28-19-49(29(28)30(43)51)32(52)55-34(3,4)5)48(31-44-14-21(15-45-31)22-16-46-47(6)18-22)17-20-9-23(35(37,38)39)11-24(10-20)36(40,41)42/h9-11,14-16,18,25-29H,7-8,12-13,17,19H2,1-6H3. The number of alkyl halides is 6. The maximum absolute atomic E-state index is 13.9. The molecule has 3 aromatic rings. The summed E-state index contributed by atoms with van der Waals surface area (Å²) in [5, 5.41) is 4.14. The van der Waals surface area contributed by atoms with Gasteiger partial charge in [0.15, 0.2) is 0 Å². The summed E-state index contributed by atoms with van der Waals surface area (Å²) in [4.78, 5) is 52.6. The Balaban J connectivity index is 1.44. The van der Waals surface area contributed by atoms with E-state index in [4.69, 9.17) is 9.47 Å². The monoisotopic (exact) mass is 893 g/mol. The number of piperidine rings is 1. The summed E-state index contributed by atoms with van der Waals surface area (Å²) in [6, 6.07) is -1.10. The van der Waals surface area contributed by atoms with Crippen LogP contribution in [0.5, 0.6) is 0 Å². The van der Waals surface area contributed by atoms with Gasteiger partial charge in [-0.05, 0) is 70.2 Å². The molecule has 0 N–H and O–H groups in total. The van der Waals surface area contributed by atoms with Crippen molar-refractivity contribution >= 4 is 44.5 Å². The lowest BCUT2D eigenvalue weighted by molar-refractivity contribution is -0.143. The minimum Gasteiger partial charge on any atom is -0.444 e. The van der Waals surface area contributed by atoms with Gasteiger partial charge in [0.25, 0.3) is 0 Å². The fourth-order valence-corrected chi connectivity index (χ4v) is 7.66. The Bertz CT molecular complexity index is 1820. The van der Waals surface area contributed by atoms with E-state index in [0.717, 1.165) is 0 Å². The van der Waals surface area contributed by atoms with Gasteiger partial charge in [0, 0.05) is 84.0 Å². The van der Waals surface area contributed by atoms with Crippen molar-refractivity contribution < 1.29 is 50.2 Å². The van der Waals surface area contributed by atoms with E-state index in [2.05, 4.69) is 15.1 Å². The second-order valence-corrected chi connectivity index (χ2v) is 15.7. The Morgan fingerprint density at radius 3 is 1.89 bits per heavy atom. The van der Waals surface area contributed by atoms with Gasteiger partial charge < -0.3 is 19.3 Å². The van der Waals surface area contributed by atoms with E-state index in [1.807, 2.05) is 13.8 Å². The molecule has 2 aliphatic heterocycles. The van der Waals surface area contributed by atoms with Gasteiger partial charge in [-0.15, -0.1) is 0 Å². The highest BCUT2D eigenvalue weighted by molar-refractivity contribution is 14.1. The second kappa shape index (κ2) is 16.1. The van der Waals surface area contributed by atoms with Gasteiger partial charge in [-0.2, -0.15) is 31.4 Å². The van der Waals surface area contributed by atoms with Crippen LogP contribution in [0.15, 0.2) is 43.0 Å². The highest BCUT2D eigenvalue weighted by Gasteiger charge is 2.51. The van der Waals surface area contributed by atoms with Crippen molar-refractivity contribution in [3.8, 4) is 11.1 Å². The van der Waals surface area contributed by atoms with Crippen LogP contribution < -0.4 is 4.90 Å². The van der Waals surface area contributed by atoms with E-state index in [0.29, 0.717) is 36.1 Å². The summed E-state index contributed by atoms with van der Waals surface area (Å²) < 4.78 is 95.7. The summed E-state index contributed by atoms with van der Waals surface area (Å²) in [6.07, 6.45) is -4.77. The molecule has 0 spiro atoms. The zero-order chi connectivity index (χ0) is 40.6. The number of halogens is 7. The van der Waals surface area contributed by atoms with Crippen molar-refractivity contribution in [3.63, 3.8) is 0 Å². The number of amides is 2. The highest BCUT2D eigenvalue weighted by atomic mass is 127. The summed E-state index contributed by atoms with van der Waals surface area (Å²) >= 11 is 1.55. The first-order valence-corrected chi connectivity index (χ1v) is 18.7. The summed E-state index contributed by atoms with van der Waals surface area (Å²) in [5.74, 6) is 0.0736. The number of hydrogen-bond donors (Lipinski definition) is 0. The van der Waals surface area contributed by atoms with Gasteiger partial charge in [0.2, 0.25) is 9.74 Å². The molecule has 4 atom stereocenters. The van der Waals surface area contributed by atoms with Gasteiger partial charge in [-0.3, -0.25) is 14.4 Å². The van der Waals surface area contributed by atoms with Crippen LogP contribution in [0.4, 0.5) is 41.9 Å². The lowest BCUT2D eigenvalue weighted by Gasteiger charge is -2.49. The van der Waals surface area contributed by atoms with Crippen molar-refractivity contribution in [2.45, 2.75) is 115 Å². The fourth-order valence-electron chi connectivity index (χ4n) is 6.93. The molecule has 0 aliphatic carbocycles. The number of hydrogen-bond acceptors (Lipinski definition) is 9. The SMILES string of the molecule is CCC1CC(N(Cc2cc(C(F)(F)F)cc(C(F)(F)F)c2)c2ncc(-c3cnn(C)c3)cn2)CC(CC)N1C(=O)OC1CN(C(=O)OC(C)(C)C)C1C(=O)I. The van der Waals surface area contributed by atoms with Crippen LogP contribution in [-0.2, 0) is 40.2 Å². The molecule has 2 aromatic heterocycles. The average molecular weight is 894 g/mol. The number of nitrogens with zero attached hydrogens (tertiary/aromatic N) is 7. The Hall–Kier alpha value is -4.17. The van der Waals surface area contributed by atoms with E-state index in [-0.39, 0.29) is 37.0 Å². The third-order valence-corrected chi connectivity index (χ3v) is 10.2. The Morgan fingerprint density at radius 1 is 0.873 bits per heavy atom. The predicted octanol–water partition coefficient (Wildman–Crippen LogP) is 8.03. The number of benzene rings is 1. The van der Waals surface area contributed by atoms with Crippen LogP contribution in [0.2, 0.25) is 0 Å². The summed E-state index contributed by atoms with van der Waals surface area (Å²) in [6.45, 7) is 8.30. The molecule has 2 fully saturated rings. The van der Waals surface area contributed by atoms with Crippen LogP contribution in [-0.4, -0.2) is 87.9 Å². The molecule has 19 heteroatoms. The fraction of sp³-hybridized carbons (Fsp3) is 0.556. The van der Waals surface area contributed by atoms with E-state index in [9.17, 15) is 40.7 Å². The Labute approximate surface area is 327 Å². The minimum absolute atomic E-state index is 0.0544. The zero-order valence-corrected chi connectivity index (χ0v) is 33.1. The molecule has 2 saturated heterocycles. The molecule has 55 heavy (non-hydrogen) atoms. The lowest BCUT2D eigenvalue weighted by atomic mass is 9.87. The molecule has 0 saturated carbocycles. The molecular formula is C36H42F6IN7O5. The number of aromatic nitrogens is 4. The third-order valence-electron chi connectivity index (χ3n) is 9.58. The van der Waals surface area contributed by atoms with Crippen molar-refractivity contribution in [3.05, 3.63) is 59.7 Å². The number of rotatable bonds is 9. The first-order chi connectivity index (χ1) is 25.6. The normalized spacial score (nSPS) is 21.9. The number of likely N-dealkylation sites (tertiary alicyclic amines) is 2. The van der Waals surface area contributed by atoms with Gasteiger partial charge >= 0.3 is 24.5 Å². The highest BCUT2D eigenvalue weighted by Crippen LogP contribution is 2.39. The molecule has 2 amide bonds. The molecule has 12 nitrogen and oxygen atoms in total. The Kier molecular flexibility index (Phi) is 12.3. The van der Waals surface area contributed by atoms with Crippen LogP contribution in [0.1, 0.15) is 77.0 Å². The maximum atomic E-state index is 13.9. The van der Waals surface area contributed by atoms with E-state index < -0.39 is 81.9 Å². The second-order valence-electron chi connectivity index (χ2n) is 14.7. The summed E-state index contributed by atoms with van der Waals surface area (Å²) in [7, 11) is 1.73. The van der Waals surface area contributed by atoms with Crippen LogP contribution in [0.3, 0.4) is 0 Å². The van der Waals surface area contributed by atoms with Gasteiger partial charge in [-0.1, -0.05) is 13.8 Å². The summed E-state index contributed by atoms with van der Waals surface area (Å²) in [5.41, 5.74) is -2.65. The first kappa shape index (κ1) is 42.0. The Morgan fingerprint density at radius 2 is 1.44 bits per heavy atom. The third kappa shape index (κ3) is 9.80. The zero-order valence-electron chi connectivity index (χ0n) is 31.0. The number of carbonyl (C=O) groups is 3. The molecule has 4 unspecified atom stereocenters. The van der Waals surface area contributed by atoms with E-state index in [1.54, 1.807) is 77.3 Å². The molecule has 5 rings (SSSR count). The lowest BCUT2D eigenvalue weighted by Crippen LogP contribution is -2.67. The van der Waals surface area contributed by atoms with Gasteiger partial charge in [0.05, 0.1) is 23.9 Å². The number of aryl methyl sites for hydroxylation is 1. The predicted molar refractivity (Wildman–Crippen MR) is 196 cm³/mol. The average Bonchev–Trinajstić information content (AvgIpc) is 3.52. The minimum atomic E-state index is -5.04. The van der Waals surface area contributed by atoms with E-state index >= 15 is 0 Å². The van der Waals surface area contributed by atoms with Crippen molar-refractivity contribution in [1.82, 2.24) is 29.5 Å². The van der Waals surface area contributed by atoms with Gasteiger partial charge in [0.1, 0.15) is 17.7 Å². The number of ether oxygens (including phenoxy) is 2. The molecule has 0 bridgehead atoms. The molecular weight excluding hydrogens is 851 g/mol. The van der Waals surface area contributed by atoms with Crippen LogP contribution in [0, 0.1) is 0 Å². The molecule has 300 valence electrons. The molecule has 2 aliphatic rings. The smallest absolute Gasteiger partial charge is 0.416 e. The van der Waals surface area contributed by atoms with Crippen molar-refractivity contribution in [2.24, 2.45) is 7.05 Å². The molecule has 4 heterocycles. The first-order valence-electron chi connectivity index (χ1n) is 17.6. The van der Waals surface area contributed by atoms with E-state index in [1.165, 1.54) is 17.3 Å². The quantitative estimate of drug-likeness (QED) is 0.119. The van der Waals surface area contributed by atoms with Crippen molar-refractivity contribution in [2.75, 3.05) is 11.4 Å². The molecule has 0 radical (unpaired) electrons. The largest absolute Gasteiger partial charge is 0.444 e. The number of carbonyl (C=O) groups excluding carboxylic acids is 3.